The zero-order valence-corrected chi connectivity index (χ0v) is 12.7. The number of nitrogens with zero attached hydrogens (tertiary/aromatic N) is 3. The van der Waals surface area contributed by atoms with E-state index < -0.39 is 5.97 Å². The van der Waals surface area contributed by atoms with Crippen LogP contribution in [0.5, 0.6) is 0 Å². The van der Waals surface area contributed by atoms with E-state index in [-0.39, 0.29) is 6.54 Å². The van der Waals surface area contributed by atoms with E-state index in [1.54, 1.807) is 11.9 Å². The van der Waals surface area contributed by atoms with Crippen LogP contribution >= 0.6 is 0 Å². The van der Waals surface area contributed by atoms with Crippen LogP contribution in [0.25, 0.3) is 10.8 Å². The smallest absolute Gasteiger partial charge is 0.323 e. The molecule has 0 spiro atoms. The first-order valence-electron chi connectivity index (χ1n) is 7.14. The fourth-order valence-corrected chi connectivity index (χ4v) is 2.56. The van der Waals surface area contributed by atoms with Crippen molar-refractivity contribution in [3.05, 3.63) is 30.5 Å². The number of hydrogen-bond acceptors (Lipinski definition) is 4. The second kappa shape index (κ2) is 6.43. The zero-order valence-electron chi connectivity index (χ0n) is 12.7. The van der Waals surface area contributed by atoms with Crippen LogP contribution in [0.3, 0.4) is 0 Å². The molecule has 1 aromatic carbocycles. The maximum Gasteiger partial charge on any atom is 0.323 e. The monoisotopic (exact) mass is 287 g/mol. The number of anilines is 2. The summed E-state index contributed by atoms with van der Waals surface area (Å²) in [5, 5.41) is 11.0. The van der Waals surface area contributed by atoms with Crippen molar-refractivity contribution in [3.8, 4) is 0 Å². The van der Waals surface area contributed by atoms with Crippen molar-refractivity contribution in [2.75, 3.05) is 36.5 Å². The van der Waals surface area contributed by atoms with Gasteiger partial charge in [0, 0.05) is 30.9 Å². The third-order valence-corrected chi connectivity index (χ3v) is 3.59. The van der Waals surface area contributed by atoms with Gasteiger partial charge in [0.2, 0.25) is 0 Å². The van der Waals surface area contributed by atoms with E-state index in [0.29, 0.717) is 5.82 Å². The Bertz CT molecular complexity index is 638. The number of carbonyl (C=O) groups is 1. The quantitative estimate of drug-likeness (QED) is 0.885. The number of aromatic nitrogens is 1. The number of rotatable bonds is 6. The molecule has 2 rings (SSSR count). The summed E-state index contributed by atoms with van der Waals surface area (Å²) >= 11 is 0. The van der Waals surface area contributed by atoms with Gasteiger partial charge in [-0.3, -0.25) is 4.79 Å². The molecule has 0 saturated carbocycles. The van der Waals surface area contributed by atoms with Crippen molar-refractivity contribution in [1.82, 2.24) is 4.98 Å². The van der Waals surface area contributed by atoms with Crippen molar-refractivity contribution >= 4 is 28.2 Å². The fourth-order valence-electron chi connectivity index (χ4n) is 2.56. The van der Waals surface area contributed by atoms with Gasteiger partial charge in [0.25, 0.3) is 0 Å². The summed E-state index contributed by atoms with van der Waals surface area (Å²) in [6.45, 7) is 5.98. The van der Waals surface area contributed by atoms with E-state index in [1.165, 1.54) is 0 Å². The van der Waals surface area contributed by atoms with Crippen LogP contribution in [0.1, 0.15) is 13.8 Å². The largest absolute Gasteiger partial charge is 0.480 e. The first kappa shape index (κ1) is 15.1. The van der Waals surface area contributed by atoms with Crippen LogP contribution in [0.2, 0.25) is 0 Å². The van der Waals surface area contributed by atoms with Gasteiger partial charge in [-0.25, -0.2) is 4.98 Å². The third kappa shape index (κ3) is 3.07. The molecule has 0 unspecified atom stereocenters. The van der Waals surface area contributed by atoms with Crippen LogP contribution in [0, 0.1) is 0 Å². The van der Waals surface area contributed by atoms with Gasteiger partial charge in [0.05, 0.1) is 11.9 Å². The van der Waals surface area contributed by atoms with Gasteiger partial charge in [-0.05, 0) is 13.8 Å². The van der Waals surface area contributed by atoms with Crippen LogP contribution in [-0.2, 0) is 4.79 Å². The number of aliphatic carboxylic acids is 1. The molecule has 0 amide bonds. The molecular weight excluding hydrogens is 266 g/mol. The molecule has 2 aromatic rings. The highest BCUT2D eigenvalue weighted by Gasteiger charge is 2.14. The predicted molar refractivity (Wildman–Crippen MR) is 86.2 cm³/mol. The van der Waals surface area contributed by atoms with Gasteiger partial charge >= 0.3 is 5.97 Å². The predicted octanol–water partition coefficient (Wildman–Crippen LogP) is 2.60. The number of carboxylic acids is 1. The Balaban J connectivity index is 2.56. The lowest BCUT2D eigenvalue weighted by Gasteiger charge is -2.25. The molecule has 0 radical (unpaired) electrons. The number of fused-ring (bicyclic) bond motifs is 1. The minimum Gasteiger partial charge on any atom is -0.480 e. The molecule has 0 bridgehead atoms. The molecule has 1 heterocycles. The molecule has 1 aromatic heterocycles. The van der Waals surface area contributed by atoms with Gasteiger partial charge in [-0.1, -0.05) is 24.3 Å². The Morgan fingerprint density at radius 3 is 2.38 bits per heavy atom. The highest BCUT2D eigenvalue weighted by Crippen LogP contribution is 2.31. The molecule has 1 N–H and O–H groups in total. The van der Waals surface area contributed by atoms with E-state index in [2.05, 4.69) is 29.8 Å². The Kier molecular flexibility index (Phi) is 4.62. The standard InChI is InChI=1S/C16H21N3O2/c1-4-19(5-2)14-10-17-16(18(3)11-15(20)21)13-9-7-6-8-12(13)14/h6-10H,4-5,11H2,1-3H3,(H,20,21). The highest BCUT2D eigenvalue weighted by molar-refractivity contribution is 6.00. The molecule has 112 valence electrons. The SMILES string of the molecule is CCN(CC)c1cnc(N(C)CC(=O)O)c2ccccc12. The first-order valence-corrected chi connectivity index (χ1v) is 7.14. The Morgan fingerprint density at radius 2 is 1.81 bits per heavy atom. The van der Waals surface area contributed by atoms with Crippen molar-refractivity contribution in [2.45, 2.75) is 13.8 Å². The van der Waals surface area contributed by atoms with Crippen molar-refractivity contribution in [3.63, 3.8) is 0 Å². The Labute approximate surface area is 124 Å². The average molecular weight is 287 g/mol. The summed E-state index contributed by atoms with van der Waals surface area (Å²) in [7, 11) is 1.75. The molecule has 0 aliphatic rings. The minimum absolute atomic E-state index is 0.0678. The molecule has 0 aliphatic carbocycles. The Morgan fingerprint density at radius 1 is 1.19 bits per heavy atom. The van der Waals surface area contributed by atoms with E-state index >= 15 is 0 Å². The summed E-state index contributed by atoms with van der Waals surface area (Å²) in [5.74, 6) is -0.167. The van der Waals surface area contributed by atoms with Gasteiger partial charge in [-0.2, -0.15) is 0 Å². The molecule has 0 saturated heterocycles. The Hall–Kier alpha value is -2.30. The summed E-state index contributed by atoms with van der Waals surface area (Å²) in [6.07, 6.45) is 1.84. The third-order valence-electron chi connectivity index (χ3n) is 3.59. The van der Waals surface area contributed by atoms with Gasteiger partial charge in [-0.15, -0.1) is 0 Å². The molecule has 0 atom stereocenters. The fraction of sp³-hybridized carbons (Fsp3) is 0.375. The second-order valence-corrected chi connectivity index (χ2v) is 4.93. The van der Waals surface area contributed by atoms with Crippen molar-refractivity contribution in [1.29, 1.82) is 0 Å². The summed E-state index contributed by atoms with van der Waals surface area (Å²) in [4.78, 5) is 19.3. The molecule has 5 heteroatoms. The molecule has 0 fully saturated rings. The maximum absolute atomic E-state index is 10.9. The lowest BCUT2D eigenvalue weighted by molar-refractivity contribution is -0.135. The van der Waals surface area contributed by atoms with Crippen LogP contribution in [0.15, 0.2) is 30.5 Å². The lowest BCUT2D eigenvalue weighted by atomic mass is 10.1. The second-order valence-electron chi connectivity index (χ2n) is 4.93. The van der Waals surface area contributed by atoms with Crippen LogP contribution < -0.4 is 9.80 Å². The minimum atomic E-state index is -0.865. The van der Waals surface area contributed by atoms with Gasteiger partial charge in [0.1, 0.15) is 12.4 Å². The van der Waals surface area contributed by atoms with Gasteiger partial charge in [0.15, 0.2) is 0 Å². The maximum atomic E-state index is 10.9. The van der Waals surface area contributed by atoms with Gasteiger partial charge < -0.3 is 14.9 Å². The topological polar surface area (TPSA) is 56.7 Å². The zero-order chi connectivity index (χ0) is 15.4. The lowest BCUT2D eigenvalue weighted by Crippen LogP contribution is -2.27. The number of pyridine rings is 1. The molecule has 5 nitrogen and oxygen atoms in total. The summed E-state index contributed by atoms with van der Waals surface area (Å²) in [5.41, 5.74) is 1.09. The van der Waals surface area contributed by atoms with Crippen molar-refractivity contribution in [2.24, 2.45) is 0 Å². The highest BCUT2D eigenvalue weighted by atomic mass is 16.4. The normalized spacial score (nSPS) is 10.6. The van der Waals surface area contributed by atoms with E-state index in [1.807, 2.05) is 24.4 Å². The number of hydrogen-bond donors (Lipinski definition) is 1. The molecule has 0 aliphatic heterocycles. The first-order chi connectivity index (χ1) is 10.1. The number of benzene rings is 1. The summed E-state index contributed by atoms with van der Waals surface area (Å²) < 4.78 is 0. The summed E-state index contributed by atoms with van der Waals surface area (Å²) in [6, 6.07) is 8.00. The van der Waals surface area contributed by atoms with E-state index in [4.69, 9.17) is 5.11 Å². The van der Waals surface area contributed by atoms with Crippen LogP contribution in [0.4, 0.5) is 11.5 Å². The van der Waals surface area contributed by atoms with Crippen LogP contribution in [-0.4, -0.2) is 42.7 Å². The van der Waals surface area contributed by atoms with E-state index in [9.17, 15) is 4.79 Å². The van der Waals surface area contributed by atoms with Crippen molar-refractivity contribution < 1.29 is 9.90 Å². The number of carboxylic acid groups (broad SMARTS) is 1. The number of likely N-dealkylation sites (N-methyl/N-ethyl adjacent to an activating group) is 1. The molecule has 21 heavy (non-hydrogen) atoms. The average Bonchev–Trinajstić information content (AvgIpc) is 2.47. The molecular formula is C16H21N3O2. The van der Waals surface area contributed by atoms with E-state index in [0.717, 1.165) is 29.5 Å².